The quantitative estimate of drug-likeness (QED) is 0.310. The first-order valence-electron chi connectivity index (χ1n) is 4.15. The van der Waals surface area contributed by atoms with Crippen LogP contribution in [0.2, 0.25) is 0 Å². The van der Waals surface area contributed by atoms with Crippen molar-refractivity contribution in [2.75, 3.05) is 5.75 Å². The molecule has 0 radical (unpaired) electrons. The molecule has 12 heavy (non-hydrogen) atoms. The van der Waals surface area contributed by atoms with Crippen molar-refractivity contribution in [3.63, 3.8) is 0 Å². The van der Waals surface area contributed by atoms with Crippen molar-refractivity contribution in [2.45, 2.75) is 24.8 Å². The molecule has 0 bridgehead atoms. The van der Waals surface area contributed by atoms with E-state index < -0.39 is 0 Å². The van der Waals surface area contributed by atoms with E-state index in [-0.39, 0.29) is 0 Å². The zero-order valence-electron chi connectivity index (χ0n) is 7.19. The Balaban J connectivity index is 2.46. The van der Waals surface area contributed by atoms with Crippen molar-refractivity contribution in [3.05, 3.63) is 29.6 Å². The molecule has 0 saturated heterocycles. The summed E-state index contributed by atoms with van der Waals surface area (Å²) in [6, 6.07) is 5.49. The predicted octanol–water partition coefficient (Wildman–Crippen LogP) is 2.21. The summed E-state index contributed by atoms with van der Waals surface area (Å²) in [7, 11) is 0. The first-order valence-corrected chi connectivity index (χ1v) is 5.14. The zero-order chi connectivity index (χ0) is 8.81. The number of unbranched alkanes of at least 4 members (excludes halogenated alkanes) is 1. The van der Waals surface area contributed by atoms with Gasteiger partial charge in [-0.2, -0.15) is 4.73 Å². The Morgan fingerprint density at radius 3 is 3.00 bits per heavy atom. The smallest absolute Gasteiger partial charge is 0.251 e. The van der Waals surface area contributed by atoms with Crippen LogP contribution in [0.1, 0.15) is 19.8 Å². The van der Waals surface area contributed by atoms with E-state index in [2.05, 4.69) is 6.92 Å². The molecule has 0 atom stereocenters. The fraction of sp³-hybridized carbons (Fsp3) is 0.444. The average Bonchev–Trinajstić information content (AvgIpc) is 2.09. The normalized spacial score (nSPS) is 10.1. The molecule has 1 aromatic rings. The summed E-state index contributed by atoms with van der Waals surface area (Å²) in [4.78, 5) is 0. The van der Waals surface area contributed by atoms with Gasteiger partial charge in [0.15, 0.2) is 6.20 Å². The van der Waals surface area contributed by atoms with Crippen LogP contribution in [-0.4, -0.2) is 5.75 Å². The lowest BCUT2D eigenvalue weighted by Crippen LogP contribution is -2.27. The van der Waals surface area contributed by atoms with Gasteiger partial charge in [0.1, 0.15) is 0 Å². The minimum Gasteiger partial charge on any atom is -0.618 e. The molecule has 0 saturated carbocycles. The molecule has 1 aromatic heterocycles. The van der Waals surface area contributed by atoms with Gasteiger partial charge in [-0.25, -0.2) is 0 Å². The van der Waals surface area contributed by atoms with Crippen LogP contribution in [0.3, 0.4) is 0 Å². The molecule has 0 aliphatic rings. The van der Waals surface area contributed by atoms with Gasteiger partial charge in [-0.1, -0.05) is 25.1 Å². The maximum Gasteiger partial charge on any atom is 0.251 e. The summed E-state index contributed by atoms with van der Waals surface area (Å²) in [5, 5.41) is 11.9. The van der Waals surface area contributed by atoms with Gasteiger partial charge in [-0.05, 0) is 12.5 Å². The van der Waals surface area contributed by atoms with Crippen molar-refractivity contribution < 1.29 is 4.73 Å². The maximum atomic E-state index is 11.1. The fourth-order valence-corrected chi connectivity index (χ4v) is 1.85. The number of nitrogens with zero attached hydrogens (tertiary/aromatic N) is 1. The van der Waals surface area contributed by atoms with Crippen LogP contribution in [-0.2, 0) is 0 Å². The fourth-order valence-electron chi connectivity index (χ4n) is 0.845. The summed E-state index contributed by atoms with van der Waals surface area (Å²) >= 11 is 1.62. The standard InChI is InChI=1S/C9H13NOS/c1-2-3-8-12-9-6-4-5-7-10(9)11/h4-7H,2-3,8H2,1H3. The second kappa shape index (κ2) is 5.04. The van der Waals surface area contributed by atoms with Gasteiger partial charge in [0.2, 0.25) is 0 Å². The summed E-state index contributed by atoms with van der Waals surface area (Å²) in [6.45, 7) is 2.15. The van der Waals surface area contributed by atoms with E-state index in [0.717, 1.165) is 15.5 Å². The highest BCUT2D eigenvalue weighted by molar-refractivity contribution is 7.99. The highest BCUT2D eigenvalue weighted by Gasteiger charge is 2.01. The van der Waals surface area contributed by atoms with Crippen LogP contribution in [0.4, 0.5) is 0 Å². The molecule has 1 rings (SSSR count). The Morgan fingerprint density at radius 1 is 1.50 bits per heavy atom. The Labute approximate surface area is 77.2 Å². The van der Waals surface area contributed by atoms with Gasteiger partial charge < -0.3 is 5.21 Å². The van der Waals surface area contributed by atoms with E-state index >= 15 is 0 Å². The van der Waals surface area contributed by atoms with Crippen molar-refractivity contribution in [3.8, 4) is 0 Å². The molecule has 0 fully saturated rings. The van der Waals surface area contributed by atoms with Gasteiger partial charge in [0.05, 0.1) is 0 Å². The van der Waals surface area contributed by atoms with E-state index in [1.807, 2.05) is 12.1 Å². The summed E-state index contributed by atoms with van der Waals surface area (Å²) < 4.78 is 0.917. The average molecular weight is 183 g/mol. The molecule has 66 valence electrons. The molecule has 0 N–H and O–H groups in total. The third kappa shape index (κ3) is 2.74. The van der Waals surface area contributed by atoms with Crippen LogP contribution in [0.25, 0.3) is 0 Å². The minimum atomic E-state index is 0.797. The lowest BCUT2D eigenvalue weighted by molar-refractivity contribution is -0.645. The molecule has 1 heterocycles. The molecular weight excluding hydrogens is 170 g/mol. The Bertz CT molecular complexity index is 240. The number of pyridine rings is 1. The molecule has 0 amide bonds. The van der Waals surface area contributed by atoms with Crippen LogP contribution >= 0.6 is 11.8 Å². The number of hydrogen-bond acceptors (Lipinski definition) is 2. The second-order valence-corrected chi connectivity index (χ2v) is 3.68. The minimum absolute atomic E-state index is 0.797. The summed E-state index contributed by atoms with van der Waals surface area (Å²) in [6.07, 6.45) is 3.88. The summed E-state index contributed by atoms with van der Waals surface area (Å²) in [5.74, 6) is 1.03. The lowest BCUT2D eigenvalue weighted by Gasteiger charge is -2.01. The van der Waals surface area contributed by atoms with E-state index in [4.69, 9.17) is 0 Å². The SMILES string of the molecule is CCCCSc1cccc[n+]1[O-]. The van der Waals surface area contributed by atoms with E-state index in [0.29, 0.717) is 0 Å². The van der Waals surface area contributed by atoms with E-state index in [9.17, 15) is 5.21 Å². The largest absolute Gasteiger partial charge is 0.618 e. The predicted molar refractivity (Wildman–Crippen MR) is 51.0 cm³/mol. The van der Waals surface area contributed by atoms with Crippen LogP contribution < -0.4 is 4.73 Å². The van der Waals surface area contributed by atoms with E-state index in [1.165, 1.54) is 19.0 Å². The third-order valence-electron chi connectivity index (χ3n) is 1.54. The number of thioether (sulfide) groups is 1. The van der Waals surface area contributed by atoms with Crippen LogP contribution in [0.15, 0.2) is 29.4 Å². The summed E-state index contributed by atoms with van der Waals surface area (Å²) in [5.41, 5.74) is 0. The lowest BCUT2D eigenvalue weighted by atomic mass is 10.4. The highest BCUT2D eigenvalue weighted by Crippen LogP contribution is 2.13. The maximum absolute atomic E-state index is 11.1. The second-order valence-electron chi connectivity index (χ2n) is 2.57. The molecule has 0 spiro atoms. The van der Waals surface area contributed by atoms with Gasteiger partial charge in [0, 0.05) is 17.9 Å². The van der Waals surface area contributed by atoms with Crippen molar-refractivity contribution in [2.24, 2.45) is 0 Å². The van der Waals surface area contributed by atoms with Crippen molar-refractivity contribution in [1.29, 1.82) is 0 Å². The Kier molecular flexibility index (Phi) is 3.94. The van der Waals surface area contributed by atoms with Gasteiger partial charge in [-0.15, -0.1) is 0 Å². The Morgan fingerprint density at radius 2 is 2.33 bits per heavy atom. The van der Waals surface area contributed by atoms with Gasteiger partial charge >= 0.3 is 0 Å². The Hall–Kier alpha value is -0.700. The first kappa shape index (κ1) is 9.39. The topological polar surface area (TPSA) is 26.9 Å². The zero-order valence-corrected chi connectivity index (χ0v) is 8.01. The molecule has 0 unspecified atom stereocenters. The molecule has 0 aliphatic heterocycles. The monoisotopic (exact) mass is 183 g/mol. The van der Waals surface area contributed by atoms with Crippen molar-refractivity contribution >= 4 is 11.8 Å². The third-order valence-corrected chi connectivity index (χ3v) is 2.64. The van der Waals surface area contributed by atoms with Crippen LogP contribution in [0.5, 0.6) is 0 Å². The number of hydrogen-bond donors (Lipinski definition) is 0. The molecular formula is C9H13NOS. The first-order chi connectivity index (χ1) is 5.84. The van der Waals surface area contributed by atoms with Crippen molar-refractivity contribution in [1.82, 2.24) is 0 Å². The van der Waals surface area contributed by atoms with Crippen LogP contribution in [0, 0.1) is 5.21 Å². The molecule has 0 aliphatic carbocycles. The van der Waals surface area contributed by atoms with Gasteiger partial charge in [-0.3, -0.25) is 0 Å². The van der Waals surface area contributed by atoms with E-state index in [1.54, 1.807) is 17.8 Å². The number of aromatic nitrogens is 1. The number of rotatable bonds is 4. The molecule has 2 nitrogen and oxygen atoms in total. The molecule has 3 heteroatoms. The van der Waals surface area contributed by atoms with Gasteiger partial charge in [0.25, 0.3) is 5.03 Å². The molecule has 0 aromatic carbocycles. The highest BCUT2D eigenvalue weighted by atomic mass is 32.2.